The third-order valence-corrected chi connectivity index (χ3v) is 6.35. The largest absolute Gasteiger partial charge is 0.326 e. The lowest BCUT2D eigenvalue weighted by atomic mass is 9.95. The Morgan fingerprint density at radius 3 is 2.42 bits per heavy atom. The van der Waals surface area contributed by atoms with Crippen LogP contribution in [0.2, 0.25) is 0 Å². The Morgan fingerprint density at radius 1 is 1.03 bits per heavy atom. The van der Waals surface area contributed by atoms with Crippen molar-refractivity contribution in [3.05, 3.63) is 59.9 Å². The summed E-state index contributed by atoms with van der Waals surface area (Å²) in [5.74, 6) is 1.73. The van der Waals surface area contributed by atoms with E-state index in [1.807, 2.05) is 24.3 Å². The number of nitrogens with one attached hydrogen (secondary N) is 1. The lowest BCUT2D eigenvalue weighted by Crippen LogP contribution is -2.38. The van der Waals surface area contributed by atoms with Crippen LogP contribution in [-0.4, -0.2) is 33.4 Å². The summed E-state index contributed by atoms with van der Waals surface area (Å²) >= 11 is 0. The van der Waals surface area contributed by atoms with Crippen molar-refractivity contribution < 1.29 is 4.79 Å². The third-order valence-electron chi connectivity index (χ3n) is 6.35. The van der Waals surface area contributed by atoms with Crippen molar-refractivity contribution in [2.45, 2.75) is 59.0 Å². The van der Waals surface area contributed by atoms with Crippen molar-refractivity contribution in [3.8, 4) is 0 Å². The molecule has 2 aromatic carbocycles. The van der Waals surface area contributed by atoms with E-state index < -0.39 is 0 Å². The van der Waals surface area contributed by atoms with Crippen LogP contribution in [0, 0.1) is 5.92 Å². The SMILES string of the molecule is CC(C)c1ccccc1NC(=O)C1CCN(Cc2nc3ccccc3n2C(C)C)CC1. The van der Waals surface area contributed by atoms with Crippen LogP contribution in [0.3, 0.4) is 0 Å². The van der Waals surface area contributed by atoms with Gasteiger partial charge in [-0.05, 0) is 69.5 Å². The second kappa shape index (κ2) is 9.23. The summed E-state index contributed by atoms with van der Waals surface area (Å²) < 4.78 is 2.34. The second-order valence-corrected chi connectivity index (χ2v) is 9.26. The first-order valence-corrected chi connectivity index (χ1v) is 11.5. The molecule has 164 valence electrons. The average molecular weight is 419 g/mol. The molecule has 5 heteroatoms. The fourth-order valence-corrected chi connectivity index (χ4v) is 4.68. The maximum Gasteiger partial charge on any atom is 0.227 e. The van der Waals surface area contributed by atoms with E-state index in [1.54, 1.807) is 0 Å². The van der Waals surface area contributed by atoms with Crippen LogP contribution >= 0.6 is 0 Å². The monoisotopic (exact) mass is 418 g/mol. The minimum absolute atomic E-state index is 0.0698. The summed E-state index contributed by atoms with van der Waals surface area (Å²) in [4.78, 5) is 20.3. The van der Waals surface area contributed by atoms with Gasteiger partial charge in [-0.2, -0.15) is 0 Å². The number of nitrogens with zero attached hydrogens (tertiary/aromatic N) is 3. The molecule has 5 nitrogen and oxygen atoms in total. The zero-order valence-electron chi connectivity index (χ0n) is 19.1. The first-order valence-electron chi connectivity index (χ1n) is 11.5. The summed E-state index contributed by atoms with van der Waals surface area (Å²) in [6.45, 7) is 11.4. The van der Waals surface area contributed by atoms with Crippen LogP contribution in [0.5, 0.6) is 0 Å². The molecular weight excluding hydrogens is 384 g/mol. The van der Waals surface area contributed by atoms with Crippen LogP contribution in [0.15, 0.2) is 48.5 Å². The third kappa shape index (κ3) is 4.67. The summed E-state index contributed by atoms with van der Waals surface area (Å²) in [5.41, 5.74) is 4.41. The number of carbonyl (C=O) groups excluding carboxylic acids is 1. The maximum atomic E-state index is 12.9. The molecule has 1 fully saturated rings. The van der Waals surface area contributed by atoms with Gasteiger partial charge in [0.15, 0.2) is 0 Å². The minimum Gasteiger partial charge on any atom is -0.326 e. The van der Waals surface area contributed by atoms with E-state index in [4.69, 9.17) is 4.98 Å². The van der Waals surface area contributed by atoms with Crippen LogP contribution in [0.1, 0.15) is 63.9 Å². The number of piperidine rings is 1. The smallest absolute Gasteiger partial charge is 0.227 e. The molecule has 0 unspecified atom stereocenters. The van der Waals surface area contributed by atoms with Crippen molar-refractivity contribution >= 4 is 22.6 Å². The van der Waals surface area contributed by atoms with Crippen molar-refractivity contribution in [2.24, 2.45) is 5.92 Å². The lowest BCUT2D eigenvalue weighted by Gasteiger charge is -2.31. The Hall–Kier alpha value is -2.66. The molecule has 0 aliphatic carbocycles. The number of aromatic nitrogens is 2. The standard InChI is InChI=1S/C26H34N4O/c1-18(2)21-9-5-6-10-22(21)28-26(31)20-13-15-29(16-14-20)17-25-27-23-11-7-8-12-24(23)30(25)19(3)4/h5-12,18-20H,13-17H2,1-4H3,(H,28,31). The molecule has 1 amide bonds. The molecule has 0 radical (unpaired) electrons. The van der Waals surface area contributed by atoms with Crippen LogP contribution < -0.4 is 5.32 Å². The van der Waals surface area contributed by atoms with Crippen molar-refractivity contribution in [1.29, 1.82) is 0 Å². The fourth-order valence-electron chi connectivity index (χ4n) is 4.68. The van der Waals surface area contributed by atoms with E-state index in [2.05, 4.69) is 66.7 Å². The number of likely N-dealkylation sites (tertiary alicyclic amines) is 1. The number of imidazole rings is 1. The summed E-state index contributed by atoms with van der Waals surface area (Å²) in [7, 11) is 0. The van der Waals surface area contributed by atoms with Gasteiger partial charge in [0.25, 0.3) is 0 Å². The van der Waals surface area contributed by atoms with Crippen molar-refractivity contribution in [3.63, 3.8) is 0 Å². The lowest BCUT2D eigenvalue weighted by molar-refractivity contribution is -0.121. The van der Waals surface area contributed by atoms with Gasteiger partial charge in [-0.3, -0.25) is 9.69 Å². The van der Waals surface area contributed by atoms with Gasteiger partial charge in [0, 0.05) is 17.6 Å². The van der Waals surface area contributed by atoms with Crippen LogP contribution in [0.4, 0.5) is 5.69 Å². The number of benzene rings is 2. The van der Waals surface area contributed by atoms with Gasteiger partial charge < -0.3 is 9.88 Å². The number of para-hydroxylation sites is 3. The van der Waals surface area contributed by atoms with E-state index in [9.17, 15) is 4.79 Å². The van der Waals surface area contributed by atoms with Gasteiger partial charge in [-0.15, -0.1) is 0 Å². The van der Waals surface area contributed by atoms with Crippen LogP contribution in [0.25, 0.3) is 11.0 Å². The zero-order valence-corrected chi connectivity index (χ0v) is 19.1. The number of hydrogen-bond acceptors (Lipinski definition) is 3. The van der Waals surface area contributed by atoms with Crippen LogP contribution in [-0.2, 0) is 11.3 Å². The van der Waals surface area contributed by atoms with Gasteiger partial charge in [0.05, 0.1) is 17.6 Å². The topological polar surface area (TPSA) is 50.2 Å². The molecule has 1 aromatic heterocycles. The predicted octanol–water partition coefficient (Wildman–Crippen LogP) is 5.59. The Kier molecular flexibility index (Phi) is 6.42. The molecule has 0 saturated carbocycles. The summed E-state index contributed by atoms with van der Waals surface area (Å²) in [6, 6.07) is 16.9. The number of carbonyl (C=O) groups is 1. The van der Waals surface area contributed by atoms with E-state index in [1.165, 1.54) is 11.1 Å². The number of hydrogen-bond donors (Lipinski definition) is 1. The highest BCUT2D eigenvalue weighted by Gasteiger charge is 2.27. The summed E-state index contributed by atoms with van der Waals surface area (Å²) in [5, 5.41) is 3.19. The van der Waals surface area contributed by atoms with Gasteiger partial charge in [0.2, 0.25) is 5.91 Å². The quantitative estimate of drug-likeness (QED) is 0.568. The number of anilines is 1. The summed E-state index contributed by atoms with van der Waals surface area (Å²) in [6.07, 6.45) is 1.77. The van der Waals surface area contributed by atoms with Gasteiger partial charge in [-0.25, -0.2) is 4.98 Å². The van der Waals surface area contributed by atoms with Gasteiger partial charge in [0.1, 0.15) is 5.82 Å². The Morgan fingerprint density at radius 2 is 1.71 bits per heavy atom. The molecule has 3 aromatic rings. The molecule has 31 heavy (non-hydrogen) atoms. The molecule has 0 bridgehead atoms. The Labute approximate surface area is 185 Å². The molecule has 1 aliphatic rings. The number of fused-ring (bicyclic) bond motifs is 1. The van der Waals surface area contributed by atoms with E-state index in [0.717, 1.165) is 49.5 Å². The van der Waals surface area contributed by atoms with Gasteiger partial charge >= 0.3 is 0 Å². The normalized spacial score (nSPS) is 15.8. The Balaban J connectivity index is 1.39. The molecule has 0 spiro atoms. The maximum absolute atomic E-state index is 12.9. The predicted molar refractivity (Wildman–Crippen MR) is 127 cm³/mol. The van der Waals surface area contributed by atoms with E-state index >= 15 is 0 Å². The zero-order chi connectivity index (χ0) is 22.0. The molecule has 1 aliphatic heterocycles. The number of rotatable bonds is 6. The first kappa shape index (κ1) is 21.6. The number of amides is 1. The van der Waals surface area contributed by atoms with E-state index in [0.29, 0.717) is 12.0 Å². The molecule has 1 N–H and O–H groups in total. The minimum atomic E-state index is 0.0698. The highest BCUT2D eigenvalue weighted by molar-refractivity contribution is 5.93. The highest BCUT2D eigenvalue weighted by atomic mass is 16.1. The average Bonchev–Trinajstić information content (AvgIpc) is 3.12. The molecular formula is C26H34N4O. The van der Waals surface area contributed by atoms with Gasteiger partial charge in [-0.1, -0.05) is 44.2 Å². The van der Waals surface area contributed by atoms with E-state index in [-0.39, 0.29) is 11.8 Å². The molecule has 1 saturated heterocycles. The Bertz CT molecular complexity index is 1040. The second-order valence-electron chi connectivity index (χ2n) is 9.26. The highest BCUT2D eigenvalue weighted by Crippen LogP contribution is 2.27. The molecule has 4 rings (SSSR count). The fraction of sp³-hybridized carbons (Fsp3) is 0.462. The molecule has 2 heterocycles. The van der Waals surface area contributed by atoms with Crippen molar-refractivity contribution in [1.82, 2.24) is 14.5 Å². The first-order chi connectivity index (χ1) is 14.9. The molecule has 0 atom stereocenters. The van der Waals surface area contributed by atoms with Crippen molar-refractivity contribution in [2.75, 3.05) is 18.4 Å².